The lowest BCUT2D eigenvalue weighted by molar-refractivity contribution is -0.118. The number of amides is 2. The summed E-state index contributed by atoms with van der Waals surface area (Å²) < 4.78 is 23.8. The van der Waals surface area contributed by atoms with Crippen LogP contribution >= 0.6 is 0 Å². The van der Waals surface area contributed by atoms with E-state index in [1.54, 1.807) is 18.2 Å². The predicted molar refractivity (Wildman–Crippen MR) is 116 cm³/mol. The van der Waals surface area contributed by atoms with Crippen LogP contribution in [-0.2, 0) is 11.3 Å². The van der Waals surface area contributed by atoms with E-state index in [2.05, 4.69) is 10.6 Å². The Labute approximate surface area is 180 Å². The monoisotopic (exact) mass is 422 g/mol. The fourth-order valence-corrected chi connectivity index (χ4v) is 2.79. The zero-order chi connectivity index (χ0) is 22.2. The van der Waals surface area contributed by atoms with Gasteiger partial charge in [0, 0.05) is 17.8 Å². The minimum atomic E-state index is -0.409. The third-order valence-electron chi connectivity index (χ3n) is 4.49. The Morgan fingerprint density at radius 2 is 1.65 bits per heavy atom. The lowest BCUT2D eigenvalue weighted by Gasteiger charge is -2.12. The van der Waals surface area contributed by atoms with Crippen molar-refractivity contribution in [2.24, 2.45) is 0 Å². The van der Waals surface area contributed by atoms with E-state index in [1.165, 1.54) is 31.4 Å². The van der Waals surface area contributed by atoms with Crippen LogP contribution in [0, 0.1) is 12.7 Å². The van der Waals surface area contributed by atoms with Gasteiger partial charge in [-0.2, -0.15) is 0 Å². The van der Waals surface area contributed by atoms with Crippen molar-refractivity contribution >= 4 is 17.5 Å². The first kappa shape index (κ1) is 21.8. The zero-order valence-electron chi connectivity index (χ0n) is 17.3. The highest BCUT2D eigenvalue weighted by Crippen LogP contribution is 2.28. The molecule has 3 rings (SSSR count). The summed E-state index contributed by atoms with van der Waals surface area (Å²) in [6.07, 6.45) is 0. The summed E-state index contributed by atoms with van der Waals surface area (Å²) in [5, 5.41) is 5.47. The smallest absolute Gasteiger partial charge is 0.262 e. The number of rotatable bonds is 8. The SMILES string of the molecule is COc1cc(C(=O)NCc2ccc(C)cc2)ccc1OCC(=O)Nc1ccc(F)cc1. The van der Waals surface area contributed by atoms with E-state index in [0.29, 0.717) is 29.3 Å². The molecule has 2 N–H and O–H groups in total. The van der Waals surface area contributed by atoms with Crippen molar-refractivity contribution in [3.8, 4) is 11.5 Å². The van der Waals surface area contributed by atoms with Gasteiger partial charge in [-0.25, -0.2) is 4.39 Å². The normalized spacial score (nSPS) is 10.3. The maximum atomic E-state index is 12.9. The molecule has 0 heterocycles. The second-order valence-electron chi connectivity index (χ2n) is 6.88. The summed E-state index contributed by atoms with van der Waals surface area (Å²) >= 11 is 0. The minimum Gasteiger partial charge on any atom is -0.493 e. The molecule has 2 amide bonds. The van der Waals surface area contributed by atoms with Crippen LogP contribution < -0.4 is 20.1 Å². The van der Waals surface area contributed by atoms with E-state index in [4.69, 9.17) is 9.47 Å². The molecule has 0 atom stereocenters. The van der Waals surface area contributed by atoms with Crippen LogP contribution in [0.1, 0.15) is 21.5 Å². The maximum absolute atomic E-state index is 12.9. The molecule has 0 fully saturated rings. The molecule has 7 heteroatoms. The lowest BCUT2D eigenvalue weighted by atomic mass is 10.1. The van der Waals surface area contributed by atoms with Crippen molar-refractivity contribution in [3.05, 3.63) is 89.2 Å². The van der Waals surface area contributed by atoms with E-state index in [9.17, 15) is 14.0 Å². The number of benzene rings is 3. The van der Waals surface area contributed by atoms with Crippen molar-refractivity contribution in [3.63, 3.8) is 0 Å². The van der Waals surface area contributed by atoms with Crippen molar-refractivity contribution in [2.75, 3.05) is 19.0 Å². The average Bonchev–Trinajstić information content (AvgIpc) is 2.78. The van der Waals surface area contributed by atoms with Gasteiger partial charge in [-0.3, -0.25) is 9.59 Å². The Morgan fingerprint density at radius 1 is 0.935 bits per heavy atom. The molecule has 0 aliphatic heterocycles. The van der Waals surface area contributed by atoms with Crippen LogP contribution in [0.2, 0.25) is 0 Å². The summed E-state index contributed by atoms with van der Waals surface area (Å²) in [5.74, 6) is -0.389. The van der Waals surface area contributed by atoms with E-state index in [-0.39, 0.29) is 18.3 Å². The quantitative estimate of drug-likeness (QED) is 0.573. The zero-order valence-corrected chi connectivity index (χ0v) is 17.3. The van der Waals surface area contributed by atoms with Crippen LogP contribution in [0.3, 0.4) is 0 Å². The van der Waals surface area contributed by atoms with Crippen LogP contribution in [0.5, 0.6) is 11.5 Å². The van der Waals surface area contributed by atoms with E-state index in [0.717, 1.165) is 11.1 Å². The summed E-state index contributed by atoms with van der Waals surface area (Å²) in [7, 11) is 1.45. The number of anilines is 1. The third kappa shape index (κ3) is 6.30. The highest BCUT2D eigenvalue weighted by molar-refractivity contribution is 5.95. The number of methoxy groups -OCH3 is 1. The number of carbonyl (C=O) groups excluding carboxylic acids is 2. The highest BCUT2D eigenvalue weighted by atomic mass is 19.1. The molecular weight excluding hydrogens is 399 g/mol. The van der Waals surface area contributed by atoms with Crippen LogP contribution in [-0.4, -0.2) is 25.5 Å². The molecule has 6 nitrogen and oxygen atoms in total. The molecule has 0 spiro atoms. The fourth-order valence-electron chi connectivity index (χ4n) is 2.79. The molecule has 0 radical (unpaired) electrons. The van der Waals surface area contributed by atoms with Gasteiger partial charge in [0.1, 0.15) is 5.82 Å². The van der Waals surface area contributed by atoms with Gasteiger partial charge in [0.05, 0.1) is 7.11 Å². The van der Waals surface area contributed by atoms with Crippen LogP contribution in [0.4, 0.5) is 10.1 Å². The predicted octanol–water partition coefficient (Wildman–Crippen LogP) is 4.09. The molecule has 0 aliphatic carbocycles. The molecule has 3 aromatic rings. The standard InChI is InChI=1S/C24H23FN2O4/c1-16-3-5-17(6-4-16)14-26-24(29)18-7-12-21(22(13-18)30-2)31-15-23(28)27-20-10-8-19(25)9-11-20/h3-13H,14-15H2,1-2H3,(H,26,29)(H,27,28). The number of ether oxygens (including phenoxy) is 2. The Kier molecular flexibility index (Phi) is 7.22. The topological polar surface area (TPSA) is 76.7 Å². The van der Waals surface area contributed by atoms with Gasteiger partial charge in [-0.15, -0.1) is 0 Å². The van der Waals surface area contributed by atoms with Gasteiger partial charge in [0.25, 0.3) is 11.8 Å². The lowest BCUT2D eigenvalue weighted by Crippen LogP contribution is -2.23. The molecule has 160 valence electrons. The number of halogens is 1. The Balaban J connectivity index is 1.57. The van der Waals surface area contributed by atoms with E-state index in [1.807, 2.05) is 31.2 Å². The van der Waals surface area contributed by atoms with Crippen molar-refractivity contribution in [2.45, 2.75) is 13.5 Å². The molecule has 0 unspecified atom stereocenters. The van der Waals surface area contributed by atoms with E-state index >= 15 is 0 Å². The van der Waals surface area contributed by atoms with Gasteiger partial charge in [-0.1, -0.05) is 29.8 Å². The van der Waals surface area contributed by atoms with Crippen LogP contribution in [0.25, 0.3) is 0 Å². The van der Waals surface area contributed by atoms with Gasteiger partial charge >= 0.3 is 0 Å². The van der Waals surface area contributed by atoms with Crippen molar-refractivity contribution in [1.29, 1.82) is 0 Å². The summed E-state index contributed by atoms with van der Waals surface area (Å²) in [6.45, 7) is 2.14. The molecule has 3 aromatic carbocycles. The summed E-state index contributed by atoms with van der Waals surface area (Å²) in [5.41, 5.74) is 3.02. The first-order valence-electron chi connectivity index (χ1n) is 9.64. The van der Waals surface area contributed by atoms with E-state index < -0.39 is 5.91 Å². The molecule has 0 aliphatic rings. The van der Waals surface area contributed by atoms with Crippen molar-refractivity contribution in [1.82, 2.24) is 5.32 Å². The highest BCUT2D eigenvalue weighted by Gasteiger charge is 2.13. The molecule has 0 saturated heterocycles. The Bertz CT molecular complexity index is 1050. The number of hydrogen-bond donors (Lipinski definition) is 2. The van der Waals surface area contributed by atoms with Crippen LogP contribution in [0.15, 0.2) is 66.7 Å². The number of hydrogen-bond acceptors (Lipinski definition) is 4. The maximum Gasteiger partial charge on any atom is 0.262 e. The molecule has 0 aromatic heterocycles. The Hall–Kier alpha value is -3.87. The number of carbonyl (C=O) groups is 2. The van der Waals surface area contributed by atoms with Crippen molar-refractivity contribution < 1.29 is 23.5 Å². The minimum absolute atomic E-state index is 0.250. The average molecular weight is 422 g/mol. The first-order valence-corrected chi connectivity index (χ1v) is 9.64. The largest absolute Gasteiger partial charge is 0.493 e. The molecule has 0 bridgehead atoms. The number of aryl methyl sites for hydroxylation is 1. The molecule has 0 saturated carbocycles. The second kappa shape index (κ2) is 10.2. The van der Waals surface area contributed by atoms with Gasteiger partial charge in [0.15, 0.2) is 18.1 Å². The summed E-state index contributed by atoms with van der Waals surface area (Å²) in [6, 6.07) is 18.0. The van der Waals surface area contributed by atoms with Gasteiger partial charge in [-0.05, 0) is 55.0 Å². The third-order valence-corrected chi connectivity index (χ3v) is 4.49. The van der Waals surface area contributed by atoms with Gasteiger partial charge in [0.2, 0.25) is 0 Å². The second-order valence-corrected chi connectivity index (χ2v) is 6.88. The molecular formula is C24H23FN2O4. The first-order chi connectivity index (χ1) is 14.9. The van der Waals surface area contributed by atoms with Gasteiger partial charge < -0.3 is 20.1 Å². The number of nitrogens with one attached hydrogen (secondary N) is 2. The fraction of sp³-hybridized carbons (Fsp3) is 0.167. The molecule has 31 heavy (non-hydrogen) atoms. The Morgan fingerprint density at radius 3 is 2.32 bits per heavy atom. The summed E-state index contributed by atoms with van der Waals surface area (Å²) in [4.78, 5) is 24.5.